The number of ether oxygens (including phenoxy) is 1. The van der Waals surface area contributed by atoms with E-state index in [4.69, 9.17) is 0 Å². The molecule has 1 aromatic carbocycles. The van der Waals surface area contributed by atoms with Crippen molar-refractivity contribution in [3.05, 3.63) is 29.8 Å². The Morgan fingerprint density at radius 3 is 2.35 bits per heavy atom. The van der Waals surface area contributed by atoms with E-state index in [-0.39, 0.29) is 12.5 Å². The van der Waals surface area contributed by atoms with Crippen LogP contribution in [0.1, 0.15) is 37.8 Å². The van der Waals surface area contributed by atoms with E-state index in [0.717, 1.165) is 0 Å². The third-order valence-electron chi connectivity index (χ3n) is 4.67. The van der Waals surface area contributed by atoms with Gasteiger partial charge in [-0.2, -0.15) is 8.78 Å². The van der Waals surface area contributed by atoms with Gasteiger partial charge in [0.1, 0.15) is 0 Å². The van der Waals surface area contributed by atoms with Gasteiger partial charge < -0.3 is 9.64 Å². The van der Waals surface area contributed by atoms with Crippen LogP contribution in [-0.2, 0) is 14.3 Å². The molecule has 1 aliphatic rings. The molecule has 1 heterocycles. The first-order valence-electron chi connectivity index (χ1n) is 9.01. The normalized spacial score (nSPS) is 16.7. The minimum Gasteiger partial charge on any atom is -0.462 e. The van der Waals surface area contributed by atoms with Crippen LogP contribution in [-0.4, -0.2) is 43.9 Å². The maximum atomic E-state index is 14.4. The summed E-state index contributed by atoms with van der Waals surface area (Å²) in [6.07, 6.45) is 0.242. The molecule has 0 N–H and O–H groups in total. The summed E-state index contributed by atoms with van der Waals surface area (Å²) in [5.41, 5.74) is 0.631. The average molecular weight is 384 g/mol. The van der Waals surface area contributed by atoms with Crippen LogP contribution in [0.2, 0.25) is 19.6 Å². The highest BCUT2D eigenvalue weighted by Gasteiger charge is 2.45. The smallest absolute Gasteiger partial charge is 0.377 e. The number of nitrogens with zero attached hydrogens (tertiary/aromatic N) is 1. The van der Waals surface area contributed by atoms with Gasteiger partial charge in [0.2, 0.25) is 5.91 Å². The molecule has 1 aliphatic heterocycles. The zero-order valence-electron chi connectivity index (χ0n) is 15.9. The van der Waals surface area contributed by atoms with Crippen molar-refractivity contribution in [2.75, 3.05) is 13.2 Å². The van der Waals surface area contributed by atoms with E-state index in [9.17, 15) is 18.4 Å². The van der Waals surface area contributed by atoms with Crippen LogP contribution in [0.15, 0.2) is 24.3 Å². The molecule has 144 valence electrons. The SMILES string of the molecule is CCOC(=O)C(F)(F)CC(c1ccc([Si](C)(C)C)cc1)N1CCCC1=O. The number of rotatable bonds is 7. The highest BCUT2D eigenvalue weighted by molar-refractivity contribution is 6.88. The van der Waals surface area contributed by atoms with Gasteiger partial charge in [-0.3, -0.25) is 4.79 Å². The lowest BCUT2D eigenvalue weighted by Gasteiger charge is -2.31. The molecule has 1 saturated heterocycles. The first-order chi connectivity index (χ1) is 12.1. The number of hydrogen-bond donors (Lipinski definition) is 0. The Bertz CT molecular complexity index is 656. The second-order valence-electron chi connectivity index (χ2n) is 7.71. The molecule has 1 unspecified atom stereocenters. The van der Waals surface area contributed by atoms with Crippen LogP contribution in [0.3, 0.4) is 0 Å². The van der Waals surface area contributed by atoms with E-state index in [2.05, 4.69) is 24.4 Å². The minimum absolute atomic E-state index is 0.105. The van der Waals surface area contributed by atoms with Gasteiger partial charge in [0.25, 0.3) is 0 Å². The molecular formula is C19H27F2NO3Si. The Balaban J connectivity index is 2.33. The van der Waals surface area contributed by atoms with Gasteiger partial charge in [-0.15, -0.1) is 0 Å². The molecule has 1 amide bonds. The van der Waals surface area contributed by atoms with Gasteiger partial charge in [-0.1, -0.05) is 49.1 Å². The van der Waals surface area contributed by atoms with Crippen molar-refractivity contribution in [2.45, 2.75) is 57.8 Å². The lowest BCUT2D eigenvalue weighted by molar-refractivity contribution is -0.175. The van der Waals surface area contributed by atoms with Gasteiger partial charge in [0.05, 0.1) is 20.7 Å². The Hall–Kier alpha value is -1.76. The minimum atomic E-state index is -3.64. The van der Waals surface area contributed by atoms with E-state index < -0.39 is 32.4 Å². The van der Waals surface area contributed by atoms with Crippen molar-refractivity contribution in [1.29, 1.82) is 0 Å². The van der Waals surface area contributed by atoms with Gasteiger partial charge in [-0.25, -0.2) is 4.79 Å². The molecule has 0 saturated carbocycles. The molecular weight excluding hydrogens is 356 g/mol. The first-order valence-corrected chi connectivity index (χ1v) is 12.5. The van der Waals surface area contributed by atoms with Crippen molar-refractivity contribution in [3.8, 4) is 0 Å². The second-order valence-corrected chi connectivity index (χ2v) is 12.8. The van der Waals surface area contributed by atoms with E-state index >= 15 is 0 Å². The summed E-state index contributed by atoms with van der Waals surface area (Å²) in [4.78, 5) is 25.3. The number of carbonyl (C=O) groups excluding carboxylic acids is 2. The topological polar surface area (TPSA) is 46.6 Å². The van der Waals surface area contributed by atoms with Crippen molar-refractivity contribution < 1.29 is 23.1 Å². The van der Waals surface area contributed by atoms with Crippen LogP contribution in [0, 0.1) is 0 Å². The van der Waals surface area contributed by atoms with E-state index in [1.807, 2.05) is 24.3 Å². The number of hydrogen-bond acceptors (Lipinski definition) is 3. The predicted molar refractivity (Wildman–Crippen MR) is 99.3 cm³/mol. The largest absolute Gasteiger partial charge is 0.462 e. The number of benzene rings is 1. The van der Waals surface area contributed by atoms with Crippen LogP contribution in [0.5, 0.6) is 0 Å². The Labute approximate surface area is 154 Å². The summed E-state index contributed by atoms with van der Waals surface area (Å²) >= 11 is 0. The summed E-state index contributed by atoms with van der Waals surface area (Å²) in [6.45, 7) is 8.44. The molecule has 4 nitrogen and oxygen atoms in total. The van der Waals surface area contributed by atoms with E-state index in [1.54, 1.807) is 0 Å². The highest BCUT2D eigenvalue weighted by Crippen LogP contribution is 2.36. The summed E-state index contributed by atoms with van der Waals surface area (Å²) < 4.78 is 33.3. The number of halogens is 2. The quantitative estimate of drug-likeness (QED) is 0.535. The summed E-state index contributed by atoms with van der Waals surface area (Å²) in [5, 5.41) is 1.21. The second kappa shape index (κ2) is 7.86. The van der Waals surface area contributed by atoms with Crippen molar-refractivity contribution >= 4 is 25.1 Å². The van der Waals surface area contributed by atoms with Crippen molar-refractivity contribution in [3.63, 3.8) is 0 Å². The Morgan fingerprint density at radius 1 is 1.27 bits per heavy atom. The van der Waals surface area contributed by atoms with Gasteiger partial charge >= 0.3 is 11.9 Å². The third-order valence-corrected chi connectivity index (χ3v) is 6.74. The van der Waals surface area contributed by atoms with Crippen molar-refractivity contribution in [1.82, 2.24) is 4.90 Å². The summed E-state index contributed by atoms with van der Waals surface area (Å²) in [6, 6.07) is 6.70. The lowest BCUT2D eigenvalue weighted by atomic mass is 9.98. The molecule has 1 fully saturated rings. The molecule has 0 spiro atoms. The first kappa shape index (κ1) is 20.5. The molecule has 0 radical (unpaired) electrons. The molecule has 26 heavy (non-hydrogen) atoms. The average Bonchev–Trinajstić information content (AvgIpc) is 2.98. The number of likely N-dealkylation sites (tertiary alicyclic amines) is 1. The lowest BCUT2D eigenvalue weighted by Crippen LogP contribution is -2.40. The molecule has 0 aromatic heterocycles. The molecule has 7 heteroatoms. The summed E-state index contributed by atoms with van der Waals surface area (Å²) in [7, 11) is -1.51. The van der Waals surface area contributed by atoms with Crippen molar-refractivity contribution in [2.24, 2.45) is 0 Å². The molecule has 0 bridgehead atoms. The number of carbonyl (C=O) groups is 2. The van der Waals surface area contributed by atoms with Crippen LogP contribution in [0.4, 0.5) is 8.78 Å². The zero-order chi connectivity index (χ0) is 19.5. The fourth-order valence-corrected chi connectivity index (χ4v) is 4.34. The van der Waals surface area contributed by atoms with E-state index in [0.29, 0.717) is 24.9 Å². The standard InChI is InChI=1S/C19H27F2NO3Si/c1-5-25-18(24)19(20,21)13-16(22-12-6-7-17(22)23)14-8-10-15(11-9-14)26(2,3)4/h8-11,16H,5-7,12-13H2,1-4H3. The number of alkyl halides is 2. The maximum Gasteiger partial charge on any atom is 0.377 e. The van der Waals surface area contributed by atoms with Crippen LogP contribution >= 0.6 is 0 Å². The Kier molecular flexibility index (Phi) is 6.21. The highest BCUT2D eigenvalue weighted by atomic mass is 28.3. The van der Waals surface area contributed by atoms with Crippen LogP contribution < -0.4 is 5.19 Å². The van der Waals surface area contributed by atoms with Crippen LogP contribution in [0.25, 0.3) is 0 Å². The van der Waals surface area contributed by atoms with Gasteiger partial charge in [0.15, 0.2) is 0 Å². The molecule has 1 aromatic rings. The molecule has 1 atom stereocenters. The molecule has 2 rings (SSSR count). The van der Waals surface area contributed by atoms with Gasteiger partial charge in [-0.05, 0) is 18.9 Å². The number of amides is 1. The monoisotopic (exact) mass is 383 g/mol. The van der Waals surface area contributed by atoms with E-state index in [1.165, 1.54) is 17.0 Å². The Morgan fingerprint density at radius 2 is 1.88 bits per heavy atom. The summed E-state index contributed by atoms with van der Waals surface area (Å²) in [5.74, 6) is -5.32. The fourth-order valence-electron chi connectivity index (χ4n) is 3.17. The third kappa shape index (κ3) is 4.69. The molecule has 0 aliphatic carbocycles. The number of esters is 1. The fraction of sp³-hybridized carbons (Fsp3) is 0.579. The predicted octanol–water partition coefficient (Wildman–Crippen LogP) is 3.48. The van der Waals surface area contributed by atoms with Gasteiger partial charge in [0, 0.05) is 19.4 Å². The zero-order valence-corrected chi connectivity index (χ0v) is 16.9. The maximum absolute atomic E-state index is 14.4.